The maximum absolute atomic E-state index is 11.3. The lowest BCUT2D eigenvalue weighted by atomic mass is 10.1. The van der Waals surface area contributed by atoms with Gasteiger partial charge in [-0.1, -0.05) is 54.1 Å². The zero-order valence-electron chi connectivity index (χ0n) is 16.1. The molecule has 1 aromatic heterocycles. The SMILES string of the molecule is O=C(C=Cc1cccc(-c2nc3ccccc3n2CCc2cccc(Cl)c2)c1)NO. The Hall–Kier alpha value is -3.41. The van der Waals surface area contributed by atoms with E-state index in [1.807, 2.05) is 60.7 Å². The first-order valence-corrected chi connectivity index (χ1v) is 9.94. The maximum Gasteiger partial charge on any atom is 0.267 e. The van der Waals surface area contributed by atoms with Gasteiger partial charge in [0.2, 0.25) is 0 Å². The summed E-state index contributed by atoms with van der Waals surface area (Å²) < 4.78 is 2.21. The highest BCUT2D eigenvalue weighted by Gasteiger charge is 2.13. The Morgan fingerprint density at radius 2 is 1.90 bits per heavy atom. The van der Waals surface area contributed by atoms with Crippen molar-refractivity contribution in [2.45, 2.75) is 13.0 Å². The number of hydrogen-bond donors (Lipinski definition) is 2. The number of rotatable bonds is 6. The van der Waals surface area contributed by atoms with E-state index in [9.17, 15) is 4.79 Å². The third kappa shape index (κ3) is 4.43. The Labute approximate surface area is 179 Å². The predicted octanol–water partition coefficient (Wildman–Crippen LogP) is 5.12. The minimum absolute atomic E-state index is 0.575. The second-order valence-electron chi connectivity index (χ2n) is 6.89. The zero-order chi connectivity index (χ0) is 20.9. The third-order valence-corrected chi connectivity index (χ3v) is 5.08. The lowest BCUT2D eigenvalue weighted by molar-refractivity contribution is -0.124. The van der Waals surface area contributed by atoms with Gasteiger partial charge in [0.05, 0.1) is 11.0 Å². The van der Waals surface area contributed by atoms with E-state index in [0.717, 1.165) is 51.5 Å². The molecule has 6 heteroatoms. The number of aryl methyl sites for hydroxylation is 2. The fourth-order valence-corrected chi connectivity index (χ4v) is 3.66. The summed E-state index contributed by atoms with van der Waals surface area (Å²) in [5, 5.41) is 9.39. The van der Waals surface area contributed by atoms with Crippen molar-refractivity contribution in [1.29, 1.82) is 0 Å². The van der Waals surface area contributed by atoms with E-state index in [-0.39, 0.29) is 0 Å². The molecular formula is C24H20ClN3O2. The molecule has 30 heavy (non-hydrogen) atoms. The van der Waals surface area contributed by atoms with Crippen LogP contribution in [0.2, 0.25) is 5.02 Å². The van der Waals surface area contributed by atoms with Crippen molar-refractivity contribution in [1.82, 2.24) is 15.0 Å². The normalized spacial score (nSPS) is 11.3. The number of carbonyl (C=O) groups excluding carboxylic acids is 1. The number of hydroxylamine groups is 1. The summed E-state index contributed by atoms with van der Waals surface area (Å²) in [6.45, 7) is 0.753. The molecule has 5 nitrogen and oxygen atoms in total. The molecule has 4 rings (SSSR count). The molecule has 2 N–H and O–H groups in total. The minimum atomic E-state index is -0.575. The van der Waals surface area contributed by atoms with Gasteiger partial charge >= 0.3 is 0 Å². The summed E-state index contributed by atoms with van der Waals surface area (Å²) in [4.78, 5) is 16.1. The summed E-state index contributed by atoms with van der Waals surface area (Å²) in [6, 6.07) is 23.7. The molecule has 1 heterocycles. The van der Waals surface area contributed by atoms with Gasteiger partial charge in [0, 0.05) is 23.2 Å². The van der Waals surface area contributed by atoms with Gasteiger partial charge in [0.1, 0.15) is 5.82 Å². The number of benzene rings is 3. The summed E-state index contributed by atoms with van der Waals surface area (Å²) in [5.74, 6) is 0.286. The third-order valence-electron chi connectivity index (χ3n) is 4.85. The molecule has 0 atom stereocenters. The molecule has 0 spiro atoms. The van der Waals surface area contributed by atoms with Crippen LogP contribution in [0.5, 0.6) is 0 Å². The summed E-state index contributed by atoms with van der Waals surface area (Å²) in [6.07, 6.45) is 3.75. The quantitative estimate of drug-likeness (QED) is 0.260. The summed E-state index contributed by atoms with van der Waals surface area (Å²) in [5.41, 5.74) is 6.54. The van der Waals surface area contributed by atoms with E-state index in [1.165, 1.54) is 6.08 Å². The molecular weight excluding hydrogens is 398 g/mol. The lowest BCUT2D eigenvalue weighted by Crippen LogP contribution is -2.14. The Kier molecular flexibility index (Phi) is 5.93. The first-order valence-electron chi connectivity index (χ1n) is 9.56. The number of nitrogens with zero attached hydrogens (tertiary/aromatic N) is 2. The van der Waals surface area contributed by atoms with Crippen LogP contribution in [0.4, 0.5) is 0 Å². The highest BCUT2D eigenvalue weighted by atomic mass is 35.5. The second-order valence-corrected chi connectivity index (χ2v) is 7.33. The molecule has 0 unspecified atom stereocenters. The van der Waals surface area contributed by atoms with Crippen molar-refractivity contribution in [2.75, 3.05) is 0 Å². The van der Waals surface area contributed by atoms with Crippen LogP contribution >= 0.6 is 11.6 Å². The lowest BCUT2D eigenvalue weighted by Gasteiger charge is -2.10. The summed E-state index contributed by atoms with van der Waals surface area (Å²) >= 11 is 6.14. The molecule has 0 saturated heterocycles. The van der Waals surface area contributed by atoms with Crippen molar-refractivity contribution < 1.29 is 10.0 Å². The van der Waals surface area contributed by atoms with E-state index >= 15 is 0 Å². The van der Waals surface area contributed by atoms with Crippen molar-refractivity contribution in [3.8, 4) is 11.4 Å². The van der Waals surface area contributed by atoms with Crippen LogP contribution in [-0.4, -0.2) is 20.7 Å². The smallest absolute Gasteiger partial charge is 0.267 e. The minimum Gasteiger partial charge on any atom is -0.324 e. The van der Waals surface area contributed by atoms with E-state index in [1.54, 1.807) is 11.6 Å². The Morgan fingerprint density at radius 1 is 1.07 bits per heavy atom. The second kappa shape index (κ2) is 8.95. The average Bonchev–Trinajstić information content (AvgIpc) is 3.15. The standard InChI is InChI=1S/C24H20ClN3O2/c25-20-8-4-6-18(16-20)13-14-28-22-10-2-1-9-21(22)26-24(28)19-7-3-5-17(15-19)11-12-23(29)27-30/h1-12,15-16,30H,13-14H2,(H,27,29). The topological polar surface area (TPSA) is 67.2 Å². The Bertz CT molecular complexity index is 1230. The van der Waals surface area contributed by atoms with Gasteiger partial charge in [-0.2, -0.15) is 0 Å². The van der Waals surface area contributed by atoms with Gasteiger partial charge in [-0.3, -0.25) is 10.0 Å². The van der Waals surface area contributed by atoms with Crippen molar-refractivity contribution in [2.24, 2.45) is 0 Å². The first kappa shape index (κ1) is 19.9. The number of fused-ring (bicyclic) bond motifs is 1. The summed E-state index contributed by atoms with van der Waals surface area (Å²) in [7, 11) is 0. The molecule has 0 aliphatic heterocycles. The van der Waals surface area contributed by atoms with E-state index in [4.69, 9.17) is 21.8 Å². The molecule has 0 saturated carbocycles. The molecule has 4 aromatic rings. The van der Waals surface area contributed by atoms with E-state index < -0.39 is 5.91 Å². The average molecular weight is 418 g/mol. The van der Waals surface area contributed by atoms with E-state index in [0.29, 0.717) is 0 Å². The van der Waals surface area contributed by atoms with Crippen LogP contribution in [0, 0.1) is 0 Å². The number of aromatic nitrogens is 2. The fraction of sp³-hybridized carbons (Fsp3) is 0.0833. The van der Waals surface area contributed by atoms with Crippen molar-refractivity contribution >= 4 is 34.6 Å². The predicted molar refractivity (Wildman–Crippen MR) is 119 cm³/mol. The van der Waals surface area contributed by atoms with Crippen LogP contribution in [-0.2, 0) is 17.8 Å². The maximum atomic E-state index is 11.3. The van der Waals surface area contributed by atoms with Crippen LogP contribution in [0.15, 0.2) is 78.9 Å². The Balaban J connectivity index is 1.71. The number of halogens is 1. The molecule has 0 aliphatic rings. The highest BCUT2D eigenvalue weighted by molar-refractivity contribution is 6.30. The number of imidazole rings is 1. The van der Waals surface area contributed by atoms with Gasteiger partial charge in [0.15, 0.2) is 0 Å². The molecule has 0 radical (unpaired) electrons. The fourth-order valence-electron chi connectivity index (χ4n) is 3.45. The molecule has 0 fully saturated rings. The number of amides is 1. The zero-order valence-corrected chi connectivity index (χ0v) is 16.9. The van der Waals surface area contributed by atoms with Crippen LogP contribution < -0.4 is 5.48 Å². The number of nitrogens with one attached hydrogen (secondary N) is 1. The molecule has 1 amide bonds. The monoisotopic (exact) mass is 417 g/mol. The first-order chi connectivity index (χ1) is 14.6. The molecule has 0 bridgehead atoms. The van der Waals surface area contributed by atoms with Crippen molar-refractivity contribution in [3.63, 3.8) is 0 Å². The Morgan fingerprint density at radius 3 is 2.73 bits per heavy atom. The van der Waals surface area contributed by atoms with Crippen LogP contribution in [0.3, 0.4) is 0 Å². The van der Waals surface area contributed by atoms with E-state index in [2.05, 4.69) is 16.7 Å². The molecule has 0 aliphatic carbocycles. The number of carbonyl (C=O) groups is 1. The largest absolute Gasteiger partial charge is 0.324 e. The molecule has 150 valence electrons. The van der Waals surface area contributed by atoms with Gasteiger partial charge in [-0.25, -0.2) is 10.5 Å². The highest BCUT2D eigenvalue weighted by Crippen LogP contribution is 2.26. The molecule has 3 aromatic carbocycles. The number of hydrogen-bond acceptors (Lipinski definition) is 3. The van der Waals surface area contributed by atoms with Crippen molar-refractivity contribution in [3.05, 3.63) is 95.0 Å². The van der Waals surface area contributed by atoms with Crippen LogP contribution in [0.25, 0.3) is 28.5 Å². The van der Waals surface area contributed by atoms with Gasteiger partial charge in [-0.15, -0.1) is 0 Å². The van der Waals surface area contributed by atoms with Gasteiger partial charge in [0.25, 0.3) is 5.91 Å². The van der Waals surface area contributed by atoms with Gasteiger partial charge in [-0.05, 0) is 54.0 Å². The van der Waals surface area contributed by atoms with Gasteiger partial charge < -0.3 is 4.57 Å². The number of para-hydroxylation sites is 2. The van der Waals surface area contributed by atoms with Crippen LogP contribution in [0.1, 0.15) is 11.1 Å².